The lowest BCUT2D eigenvalue weighted by Gasteiger charge is -2.32. The second-order valence-electron chi connectivity index (χ2n) is 10.5. The molecule has 0 heterocycles. The van der Waals surface area contributed by atoms with Crippen molar-refractivity contribution >= 4 is 39.1 Å². The molecule has 3 aromatic rings. The fourth-order valence-corrected chi connectivity index (χ4v) is 6.57. The molecule has 0 spiro atoms. The average Bonchev–Trinajstić information content (AvgIpc) is 3.43. The van der Waals surface area contributed by atoms with Crippen LogP contribution in [-0.2, 0) is 26.2 Å². The summed E-state index contributed by atoms with van der Waals surface area (Å²) in [5.74, 6) is -0.753. The van der Waals surface area contributed by atoms with E-state index in [1.54, 1.807) is 67.6 Å². The number of anilines is 1. The molecule has 1 N–H and O–H groups in total. The number of halogens is 1. The molecule has 9 heteroatoms. The van der Waals surface area contributed by atoms with E-state index in [4.69, 9.17) is 11.6 Å². The summed E-state index contributed by atoms with van der Waals surface area (Å²) in [4.78, 5) is 28.8. The van der Waals surface area contributed by atoms with Crippen LogP contribution in [0.3, 0.4) is 0 Å². The van der Waals surface area contributed by atoms with Crippen molar-refractivity contribution < 1.29 is 18.0 Å². The van der Waals surface area contributed by atoms with Gasteiger partial charge in [0.25, 0.3) is 10.0 Å². The quantitative estimate of drug-likeness (QED) is 0.336. The molecule has 212 valence electrons. The molecule has 1 aliphatic carbocycles. The summed E-state index contributed by atoms with van der Waals surface area (Å²) in [5.41, 5.74) is 2.89. The Morgan fingerprint density at radius 3 is 2.27 bits per heavy atom. The van der Waals surface area contributed by atoms with E-state index in [-0.39, 0.29) is 23.4 Å². The van der Waals surface area contributed by atoms with Crippen molar-refractivity contribution in [3.05, 3.63) is 94.5 Å². The van der Waals surface area contributed by atoms with Crippen LogP contribution >= 0.6 is 11.6 Å². The topological polar surface area (TPSA) is 86.8 Å². The first-order valence-electron chi connectivity index (χ1n) is 13.5. The predicted molar refractivity (Wildman–Crippen MR) is 159 cm³/mol. The number of hydrogen-bond acceptors (Lipinski definition) is 4. The molecule has 0 aromatic heterocycles. The number of amides is 2. The van der Waals surface area contributed by atoms with Gasteiger partial charge in [-0.15, -0.1) is 0 Å². The Kier molecular flexibility index (Phi) is 9.53. The van der Waals surface area contributed by atoms with Gasteiger partial charge in [-0.25, -0.2) is 8.42 Å². The lowest BCUT2D eigenvalue weighted by molar-refractivity contribution is -0.139. The van der Waals surface area contributed by atoms with E-state index in [1.165, 1.54) is 4.90 Å². The molecule has 0 saturated heterocycles. The number of rotatable bonds is 10. The zero-order valence-electron chi connectivity index (χ0n) is 23.1. The van der Waals surface area contributed by atoms with Crippen molar-refractivity contribution in [2.75, 3.05) is 10.8 Å². The molecule has 1 atom stereocenters. The van der Waals surface area contributed by atoms with Crippen LogP contribution < -0.4 is 9.62 Å². The standard InChI is InChI=1S/C31H36ClN3O4S/c1-22-14-16-29(17-15-22)40(38,39)35(28-13-6-8-23(2)18-28)21-30(36)34(20-25-9-7-10-26(32)19-25)24(3)31(37)33-27-11-4-5-12-27/h6-10,13-19,24,27H,4-5,11-12,20-21H2,1-3H3,(H,33,37)/t24-/m1/s1. The van der Waals surface area contributed by atoms with E-state index in [1.807, 2.05) is 26.0 Å². The summed E-state index contributed by atoms with van der Waals surface area (Å²) in [6, 6.07) is 19.9. The number of sulfonamides is 1. The van der Waals surface area contributed by atoms with Crippen molar-refractivity contribution in [2.24, 2.45) is 0 Å². The Morgan fingerprint density at radius 2 is 1.62 bits per heavy atom. The molecule has 7 nitrogen and oxygen atoms in total. The number of nitrogens with one attached hydrogen (secondary N) is 1. The Balaban J connectivity index is 1.69. The lowest BCUT2D eigenvalue weighted by Crippen LogP contribution is -2.52. The highest BCUT2D eigenvalue weighted by molar-refractivity contribution is 7.92. The van der Waals surface area contributed by atoms with Gasteiger partial charge in [-0.1, -0.05) is 66.4 Å². The molecule has 0 radical (unpaired) electrons. The fourth-order valence-electron chi connectivity index (χ4n) is 4.96. The maximum atomic E-state index is 14.0. The molecule has 1 fully saturated rings. The minimum absolute atomic E-state index is 0.0841. The molecule has 1 saturated carbocycles. The summed E-state index contributed by atoms with van der Waals surface area (Å²) in [6.45, 7) is 5.05. The van der Waals surface area contributed by atoms with Gasteiger partial charge in [0.05, 0.1) is 10.6 Å². The van der Waals surface area contributed by atoms with Crippen molar-refractivity contribution in [1.82, 2.24) is 10.2 Å². The molecular formula is C31H36ClN3O4S. The Bertz CT molecular complexity index is 1450. The minimum Gasteiger partial charge on any atom is -0.352 e. The van der Waals surface area contributed by atoms with Crippen molar-refractivity contribution in [2.45, 2.75) is 70.0 Å². The molecule has 0 bridgehead atoms. The molecule has 0 aliphatic heterocycles. The summed E-state index contributed by atoms with van der Waals surface area (Å²) in [6.07, 6.45) is 3.95. The first-order chi connectivity index (χ1) is 19.0. The smallest absolute Gasteiger partial charge is 0.264 e. The Morgan fingerprint density at radius 1 is 0.950 bits per heavy atom. The molecule has 4 rings (SSSR count). The van der Waals surface area contributed by atoms with Gasteiger partial charge in [-0.05, 0) is 81.1 Å². The van der Waals surface area contributed by atoms with Gasteiger partial charge in [-0.2, -0.15) is 0 Å². The van der Waals surface area contributed by atoms with E-state index >= 15 is 0 Å². The fraction of sp³-hybridized carbons (Fsp3) is 0.355. The summed E-state index contributed by atoms with van der Waals surface area (Å²) in [5, 5.41) is 3.58. The second-order valence-corrected chi connectivity index (χ2v) is 12.8. The number of benzene rings is 3. The van der Waals surface area contributed by atoms with Crippen LogP contribution in [0.25, 0.3) is 0 Å². The van der Waals surface area contributed by atoms with Gasteiger partial charge in [0, 0.05) is 17.6 Å². The minimum atomic E-state index is -4.10. The van der Waals surface area contributed by atoms with Gasteiger partial charge >= 0.3 is 0 Å². The third-order valence-corrected chi connectivity index (χ3v) is 9.31. The monoisotopic (exact) mass is 581 g/mol. The van der Waals surface area contributed by atoms with Gasteiger partial charge in [0.2, 0.25) is 11.8 Å². The highest BCUT2D eigenvalue weighted by Crippen LogP contribution is 2.26. The van der Waals surface area contributed by atoms with Gasteiger partial charge < -0.3 is 10.2 Å². The van der Waals surface area contributed by atoms with Crippen molar-refractivity contribution in [1.29, 1.82) is 0 Å². The van der Waals surface area contributed by atoms with Gasteiger partial charge in [-0.3, -0.25) is 13.9 Å². The Hall–Kier alpha value is -3.36. The number of carbonyl (C=O) groups is 2. The summed E-state index contributed by atoms with van der Waals surface area (Å²) < 4.78 is 28.9. The largest absolute Gasteiger partial charge is 0.352 e. The second kappa shape index (κ2) is 12.9. The van der Waals surface area contributed by atoms with Crippen LogP contribution in [0.1, 0.15) is 49.3 Å². The molecule has 0 unspecified atom stereocenters. The van der Waals surface area contributed by atoms with Crippen LogP contribution in [0.4, 0.5) is 5.69 Å². The van der Waals surface area contributed by atoms with Crippen molar-refractivity contribution in [3.63, 3.8) is 0 Å². The van der Waals surface area contributed by atoms with E-state index in [0.717, 1.165) is 46.7 Å². The molecule has 1 aliphatic rings. The maximum Gasteiger partial charge on any atom is 0.264 e. The van der Waals surface area contributed by atoms with Gasteiger partial charge in [0.1, 0.15) is 12.6 Å². The molecular weight excluding hydrogens is 546 g/mol. The van der Waals surface area contributed by atoms with Crippen LogP contribution in [0.15, 0.2) is 77.7 Å². The maximum absolute atomic E-state index is 14.0. The average molecular weight is 582 g/mol. The zero-order chi connectivity index (χ0) is 28.9. The van der Waals surface area contributed by atoms with E-state index in [0.29, 0.717) is 10.7 Å². The zero-order valence-corrected chi connectivity index (χ0v) is 24.7. The third-order valence-electron chi connectivity index (χ3n) is 7.29. The number of hydrogen-bond donors (Lipinski definition) is 1. The van der Waals surface area contributed by atoms with Crippen LogP contribution in [0.2, 0.25) is 5.02 Å². The SMILES string of the molecule is Cc1ccc(S(=O)(=O)N(CC(=O)N(Cc2cccc(Cl)c2)[C@H](C)C(=O)NC2CCCC2)c2cccc(C)c2)cc1. The lowest BCUT2D eigenvalue weighted by atomic mass is 10.1. The van der Waals surface area contributed by atoms with E-state index in [2.05, 4.69) is 5.32 Å². The van der Waals surface area contributed by atoms with Gasteiger partial charge in [0.15, 0.2) is 0 Å². The highest BCUT2D eigenvalue weighted by Gasteiger charge is 2.33. The van der Waals surface area contributed by atoms with Crippen molar-refractivity contribution in [3.8, 4) is 0 Å². The first-order valence-corrected chi connectivity index (χ1v) is 15.4. The van der Waals surface area contributed by atoms with Crippen LogP contribution in [0, 0.1) is 13.8 Å². The van der Waals surface area contributed by atoms with Crippen LogP contribution in [0.5, 0.6) is 0 Å². The number of nitrogens with zero attached hydrogens (tertiary/aromatic N) is 2. The Labute approximate surface area is 242 Å². The number of carbonyl (C=O) groups excluding carboxylic acids is 2. The van der Waals surface area contributed by atoms with E-state index in [9.17, 15) is 18.0 Å². The summed E-state index contributed by atoms with van der Waals surface area (Å²) >= 11 is 6.21. The molecule has 40 heavy (non-hydrogen) atoms. The normalized spacial score (nSPS) is 14.5. The third kappa shape index (κ3) is 7.23. The molecule has 3 aromatic carbocycles. The number of aryl methyl sites for hydroxylation is 2. The predicted octanol–water partition coefficient (Wildman–Crippen LogP) is 5.63. The van der Waals surface area contributed by atoms with Crippen LogP contribution in [-0.4, -0.2) is 43.8 Å². The highest BCUT2D eigenvalue weighted by atomic mass is 35.5. The molecule has 2 amide bonds. The summed E-state index contributed by atoms with van der Waals surface area (Å²) in [7, 11) is -4.10. The van der Waals surface area contributed by atoms with E-state index < -0.39 is 28.5 Å². The first kappa shape index (κ1) is 29.6.